The van der Waals surface area contributed by atoms with Gasteiger partial charge in [0.15, 0.2) is 0 Å². The summed E-state index contributed by atoms with van der Waals surface area (Å²) in [5.41, 5.74) is 1.37. The molecule has 1 nitrogen and oxygen atoms in total. The Morgan fingerprint density at radius 2 is 1.94 bits per heavy atom. The van der Waals surface area contributed by atoms with Crippen LogP contribution in [0.15, 0.2) is 42.5 Å². The molecule has 1 heterocycles. The van der Waals surface area contributed by atoms with Gasteiger partial charge < -0.3 is 4.74 Å². The molecular formula is C15H18O. The molecule has 0 amide bonds. The Balaban J connectivity index is 1.67. The minimum absolute atomic E-state index is 0.293. The number of rotatable bonds is 2. The highest BCUT2D eigenvalue weighted by atomic mass is 16.5. The van der Waals surface area contributed by atoms with Crippen LogP contribution in [0.1, 0.15) is 24.8 Å². The molecule has 1 aromatic carbocycles. The summed E-state index contributed by atoms with van der Waals surface area (Å²) >= 11 is 0. The van der Waals surface area contributed by atoms with Crippen LogP contribution in [0.2, 0.25) is 0 Å². The molecule has 2 aliphatic rings. The molecule has 0 aromatic heterocycles. The number of fused-ring (bicyclic) bond motifs is 1. The van der Waals surface area contributed by atoms with Gasteiger partial charge in [0.2, 0.25) is 0 Å². The molecule has 84 valence electrons. The van der Waals surface area contributed by atoms with E-state index in [0.717, 1.165) is 6.42 Å². The molecule has 0 radical (unpaired) electrons. The van der Waals surface area contributed by atoms with Crippen molar-refractivity contribution in [3.05, 3.63) is 48.0 Å². The second-order valence-electron chi connectivity index (χ2n) is 4.88. The van der Waals surface area contributed by atoms with E-state index < -0.39 is 0 Å². The Morgan fingerprint density at radius 3 is 2.81 bits per heavy atom. The first-order chi connectivity index (χ1) is 7.92. The summed E-state index contributed by atoms with van der Waals surface area (Å²) in [6.07, 6.45) is 10.4. The van der Waals surface area contributed by atoms with Gasteiger partial charge in [0.1, 0.15) is 0 Å². The van der Waals surface area contributed by atoms with Crippen LogP contribution in [0.4, 0.5) is 0 Å². The van der Waals surface area contributed by atoms with Crippen LogP contribution in [0.25, 0.3) is 0 Å². The summed E-state index contributed by atoms with van der Waals surface area (Å²) in [6, 6.07) is 10.6. The molecule has 0 bridgehead atoms. The summed E-state index contributed by atoms with van der Waals surface area (Å²) in [5, 5.41) is 0. The Bertz CT molecular complexity index is 368. The Kier molecular flexibility index (Phi) is 2.79. The lowest BCUT2D eigenvalue weighted by molar-refractivity contribution is -0.00819. The van der Waals surface area contributed by atoms with Crippen molar-refractivity contribution in [1.29, 1.82) is 0 Å². The average Bonchev–Trinajstić information content (AvgIpc) is 2.77. The quantitative estimate of drug-likeness (QED) is 0.686. The van der Waals surface area contributed by atoms with E-state index in [1.54, 1.807) is 0 Å². The normalized spacial score (nSPS) is 32.6. The topological polar surface area (TPSA) is 9.23 Å². The fourth-order valence-electron chi connectivity index (χ4n) is 2.84. The molecule has 0 unspecified atom stereocenters. The van der Waals surface area contributed by atoms with Gasteiger partial charge in [-0.05, 0) is 18.4 Å². The largest absolute Gasteiger partial charge is 0.370 e. The standard InChI is InChI=1S/C15H18O/c1-2-5-12(6-3-1)11-14-10-9-13-7-4-8-15(13)16-14/h1-3,5-6,9-10,13-15H,4,7-8,11H2/t13-,14+,15+/m1/s1. The minimum Gasteiger partial charge on any atom is -0.370 e. The second-order valence-corrected chi connectivity index (χ2v) is 4.88. The van der Waals surface area contributed by atoms with E-state index in [1.807, 2.05) is 0 Å². The van der Waals surface area contributed by atoms with Gasteiger partial charge >= 0.3 is 0 Å². The second kappa shape index (κ2) is 4.42. The highest BCUT2D eigenvalue weighted by Crippen LogP contribution is 2.33. The lowest BCUT2D eigenvalue weighted by atomic mass is 9.98. The SMILES string of the molecule is C1=C[C@H]2CCC[C@@H]2O[C@@H]1Cc1ccccc1. The van der Waals surface area contributed by atoms with E-state index in [-0.39, 0.29) is 0 Å². The first kappa shape index (κ1) is 10.1. The van der Waals surface area contributed by atoms with Gasteiger partial charge in [0.05, 0.1) is 12.2 Å². The molecule has 0 spiro atoms. The van der Waals surface area contributed by atoms with E-state index in [1.165, 1.54) is 24.8 Å². The molecule has 3 atom stereocenters. The van der Waals surface area contributed by atoms with E-state index in [2.05, 4.69) is 42.5 Å². The Labute approximate surface area is 97.1 Å². The zero-order valence-electron chi connectivity index (χ0n) is 9.51. The fourth-order valence-corrected chi connectivity index (χ4v) is 2.84. The van der Waals surface area contributed by atoms with Crippen molar-refractivity contribution >= 4 is 0 Å². The number of hydrogen-bond donors (Lipinski definition) is 0. The third kappa shape index (κ3) is 2.05. The molecule has 1 aliphatic heterocycles. The predicted molar refractivity (Wildman–Crippen MR) is 65.3 cm³/mol. The van der Waals surface area contributed by atoms with E-state index in [0.29, 0.717) is 18.1 Å². The summed E-state index contributed by atoms with van der Waals surface area (Å²) in [5.74, 6) is 0.701. The lowest BCUT2D eigenvalue weighted by Crippen LogP contribution is -2.28. The third-order valence-electron chi connectivity index (χ3n) is 3.71. The van der Waals surface area contributed by atoms with Crippen molar-refractivity contribution in [2.75, 3.05) is 0 Å². The molecule has 1 heteroatoms. The lowest BCUT2D eigenvalue weighted by Gasteiger charge is -2.27. The average molecular weight is 214 g/mol. The van der Waals surface area contributed by atoms with E-state index in [4.69, 9.17) is 4.74 Å². The smallest absolute Gasteiger partial charge is 0.0800 e. The molecule has 16 heavy (non-hydrogen) atoms. The number of benzene rings is 1. The van der Waals surface area contributed by atoms with Crippen LogP contribution in [-0.2, 0) is 11.2 Å². The van der Waals surface area contributed by atoms with Gasteiger partial charge in [-0.25, -0.2) is 0 Å². The molecule has 1 saturated carbocycles. The monoisotopic (exact) mass is 214 g/mol. The minimum atomic E-state index is 0.293. The Morgan fingerprint density at radius 1 is 1.06 bits per heavy atom. The van der Waals surface area contributed by atoms with Gasteiger partial charge in [-0.3, -0.25) is 0 Å². The summed E-state index contributed by atoms with van der Waals surface area (Å²) in [7, 11) is 0. The highest BCUT2D eigenvalue weighted by molar-refractivity contribution is 5.18. The maximum absolute atomic E-state index is 6.13. The maximum Gasteiger partial charge on any atom is 0.0800 e. The maximum atomic E-state index is 6.13. The van der Waals surface area contributed by atoms with Gasteiger partial charge in [-0.2, -0.15) is 0 Å². The summed E-state index contributed by atoms with van der Waals surface area (Å²) < 4.78 is 6.13. The van der Waals surface area contributed by atoms with Crippen LogP contribution in [-0.4, -0.2) is 12.2 Å². The fraction of sp³-hybridized carbons (Fsp3) is 0.467. The summed E-state index contributed by atoms with van der Waals surface area (Å²) in [4.78, 5) is 0. The molecular weight excluding hydrogens is 196 g/mol. The van der Waals surface area contributed by atoms with Crippen molar-refractivity contribution in [2.24, 2.45) is 5.92 Å². The van der Waals surface area contributed by atoms with Crippen LogP contribution in [0.5, 0.6) is 0 Å². The third-order valence-corrected chi connectivity index (χ3v) is 3.71. The zero-order chi connectivity index (χ0) is 10.8. The Hall–Kier alpha value is -1.08. The zero-order valence-corrected chi connectivity index (χ0v) is 9.51. The predicted octanol–water partition coefficient (Wildman–Crippen LogP) is 3.35. The first-order valence-electron chi connectivity index (χ1n) is 6.29. The molecule has 1 fully saturated rings. The number of hydrogen-bond acceptors (Lipinski definition) is 1. The van der Waals surface area contributed by atoms with Crippen LogP contribution in [0, 0.1) is 5.92 Å². The molecule has 1 aromatic rings. The first-order valence-corrected chi connectivity index (χ1v) is 6.29. The van der Waals surface area contributed by atoms with Gasteiger partial charge in [0, 0.05) is 12.3 Å². The van der Waals surface area contributed by atoms with Crippen LogP contribution < -0.4 is 0 Å². The van der Waals surface area contributed by atoms with Crippen molar-refractivity contribution in [3.63, 3.8) is 0 Å². The molecule has 3 rings (SSSR count). The van der Waals surface area contributed by atoms with Gasteiger partial charge in [-0.15, -0.1) is 0 Å². The molecule has 0 N–H and O–H groups in total. The highest BCUT2D eigenvalue weighted by Gasteiger charge is 2.30. The van der Waals surface area contributed by atoms with Crippen molar-refractivity contribution in [1.82, 2.24) is 0 Å². The van der Waals surface area contributed by atoms with Crippen molar-refractivity contribution in [2.45, 2.75) is 37.9 Å². The number of ether oxygens (including phenoxy) is 1. The van der Waals surface area contributed by atoms with Crippen molar-refractivity contribution < 1.29 is 4.74 Å². The van der Waals surface area contributed by atoms with E-state index >= 15 is 0 Å². The molecule has 1 aliphatic carbocycles. The van der Waals surface area contributed by atoms with E-state index in [9.17, 15) is 0 Å². The van der Waals surface area contributed by atoms with Gasteiger partial charge in [0.25, 0.3) is 0 Å². The van der Waals surface area contributed by atoms with Crippen LogP contribution >= 0.6 is 0 Å². The molecule has 0 saturated heterocycles. The van der Waals surface area contributed by atoms with Crippen molar-refractivity contribution in [3.8, 4) is 0 Å². The van der Waals surface area contributed by atoms with Gasteiger partial charge in [-0.1, -0.05) is 48.9 Å². The summed E-state index contributed by atoms with van der Waals surface area (Å²) in [6.45, 7) is 0. The van der Waals surface area contributed by atoms with Crippen LogP contribution in [0.3, 0.4) is 0 Å².